The first-order chi connectivity index (χ1) is 15.3. The van der Waals surface area contributed by atoms with Crippen molar-refractivity contribution in [3.63, 3.8) is 0 Å². The topological polar surface area (TPSA) is 80.1 Å². The van der Waals surface area contributed by atoms with Crippen molar-refractivity contribution in [1.29, 1.82) is 0 Å². The van der Waals surface area contributed by atoms with Crippen molar-refractivity contribution < 1.29 is 18.0 Å². The first-order valence-corrected chi connectivity index (χ1v) is 10.0. The fourth-order valence-corrected chi connectivity index (χ4v) is 4.28. The van der Waals surface area contributed by atoms with Gasteiger partial charge in [0, 0.05) is 55.8 Å². The molecule has 1 amide bonds. The Balaban J connectivity index is 1.31. The molecule has 1 N–H and O–H groups in total. The molecule has 1 aliphatic carbocycles. The quantitative estimate of drug-likeness (QED) is 0.673. The van der Waals surface area contributed by atoms with Crippen LogP contribution in [0.25, 0.3) is 11.3 Å². The summed E-state index contributed by atoms with van der Waals surface area (Å²) >= 11 is 0. The van der Waals surface area contributed by atoms with Crippen molar-refractivity contribution in [2.24, 2.45) is 18.9 Å². The maximum absolute atomic E-state index is 14.1. The van der Waals surface area contributed by atoms with Gasteiger partial charge in [0.1, 0.15) is 0 Å². The third-order valence-corrected chi connectivity index (χ3v) is 6.14. The molecule has 32 heavy (non-hydrogen) atoms. The maximum Gasteiger partial charge on any atom is 0.256 e. The molecule has 164 valence electrons. The van der Waals surface area contributed by atoms with Crippen LogP contribution in [0, 0.1) is 29.3 Å². The van der Waals surface area contributed by atoms with Crippen LogP contribution in [0.3, 0.4) is 0 Å². The Bertz CT molecular complexity index is 1280. The van der Waals surface area contributed by atoms with E-state index in [1.54, 1.807) is 7.05 Å². The van der Waals surface area contributed by atoms with Gasteiger partial charge in [0.25, 0.3) is 11.5 Å². The zero-order valence-corrected chi connectivity index (χ0v) is 16.9. The van der Waals surface area contributed by atoms with Crippen LogP contribution in [0.4, 0.5) is 19.1 Å². The summed E-state index contributed by atoms with van der Waals surface area (Å²) < 4.78 is 42.8. The summed E-state index contributed by atoms with van der Waals surface area (Å²) in [5.41, 5.74) is -0.268. The summed E-state index contributed by atoms with van der Waals surface area (Å²) in [5.74, 6) is -2.86. The lowest BCUT2D eigenvalue weighted by Crippen LogP contribution is -2.35. The van der Waals surface area contributed by atoms with E-state index in [9.17, 15) is 22.8 Å². The van der Waals surface area contributed by atoms with Gasteiger partial charge in [-0.1, -0.05) is 6.07 Å². The third kappa shape index (κ3) is 3.31. The van der Waals surface area contributed by atoms with Gasteiger partial charge in [0.2, 0.25) is 5.95 Å². The van der Waals surface area contributed by atoms with Gasteiger partial charge in [0.15, 0.2) is 17.5 Å². The molecule has 3 atom stereocenters. The summed E-state index contributed by atoms with van der Waals surface area (Å²) in [6.07, 6.45) is 2.48. The number of rotatable bonds is 4. The van der Waals surface area contributed by atoms with E-state index in [-0.39, 0.29) is 46.2 Å². The highest BCUT2D eigenvalue weighted by Crippen LogP contribution is 2.47. The molecule has 5 rings (SSSR count). The van der Waals surface area contributed by atoms with Crippen LogP contribution in [0.1, 0.15) is 10.4 Å². The molecule has 0 radical (unpaired) electrons. The van der Waals surface area contributed by atoms with Crippen molar-refractivity contribution >= 4 is 11.9 Å². The summed E-state index contributed by atoms with van der Waals surface area (Å²) in [6.45, 7) is 0.757. The standard InChI is InChI=1S/C22H18F3N5O2/c1-29-18(31)7-17(11-5-6-26-8-16(11)24)27-22(29)28-20-13-9-30(10-14(13)20)21(32)12-3-2-4-15(23)19(12)25/h2-8,13-14,20H,9-10H2,1H3,(H,27,28)/t13-,14+,20+. The average Bonchev–Trinajstić information content (AvgIpc) is 3.20. The SMILES string of the molecule is Cn1c(N[C@H]2[C@@H]3CN(C(=O)c4cccc(F)c4F)C[C@@H]32)nc(-c2ccncc2F)cc1=O. The van der Waals surface area contributed by atoms with Crippen molar-refractivity contribution in [2.75, 3.05) is 18.4 Å². The number of halogens is 3. The molecule has 1 aliphatic heterocycles. The van der Waals surface area contributed by atoms with E-state index in [1.165, 1.54) is 39.9 Å². The van der Waals surface area contributed by atoms with Gasteiger partial charge in [0.05, 0.1) is 17.5 Å². The van der Waals surface area contributed by atoms with E-state index in [4.69, 9.17) is 0 Å². The largest absolute Gasteiger partial charge is 0.352 e. The zero-order chi connectivity index (χ0) is 22.6. The number of anilines is 1. The minimum absolute atomic E-state index is 0.0351. The molecule has 3 heterocycles. The molecular weight excluding hydrogens is 423 g/mol. The average molecular weight is 441 g/mol. The molecule has 0 unspecified atom stereocenters. The number of likely N-dealkylation sites (tertiary alicyclic amines) is 1. The molecule has 10 heteroatoms. The number of piperidine rings is 1. The van der Waals surface area contributed by atoms with Gasteiger partial charge >= 0.3 is 0 Å². The number of hydrogen-bond donors (Lipinski definition) is 1. The lowest BCUT2D eigenvalue weighted by molar-refractivity contribution is 0.0768. The highest BCUT2D eigenvalue weighted by Gasteiger charge is 2.57. The molecule has 2 aromatic heterocycles. The Kier molecular flexibility index (Phi) is 4.72. The minimum atomic E-state index is -1.15. The number of hydrogen-bond acceptors (Lipinski definition) is 5. The molecule has 3 aromatic rings. The summed E-state index contributed by atoms with van der Waals surface area (Å²) in [4.78, 5) is 34.6. The van der Waals surface area contributed by atoms with Crippen LogP contribution in [0.2, 0.25) is 0 Å². The van der Waals surface area contributed by atoms with Crippen molar-refractivity contribution in [3.8, 4) is 11.3 Å². The van der Waals surface area contributed by atoms with Gasteiger partial charge in [-0.15, -0.1) is 0 Å². The van der Waals surface area contributed by atoms with E-state index in [0.29, 0.717) is 13.1 Å². The minimum Gasteiger partial charge on any atom is -0.352 e. The van der Waals surface area contributed by atoms with Crippen LogP contribution in [-0.4, -0.2) is 44.5 Å². The molecular formula is C22H18F3N5O2. The summed E-state index contributed by atoms with van der Waals surface area (Å²) in [7, 11) is 1.56. The Hall–Kier alpha value is -3.69. The summed E-state index contributed by atoms with van der Waals surface area (Å²) in [5, 5.41) is 3.22. The summed E-state index contributed by atoms with van der Waals surface area (Å²) in [6, 6.07) is 6.21. The highest BCUT2D eigenvalue weighted by atomic mass is 19.2. The molecule has 2 fully saturated rings. The van der Waals surface area contributed by atoms with Crippen molar-refractivity contribution in [3.05, 3.63) is 76.1 Å². The fraction of sp³-hybridized carbons (Fsp3) is 0.273. The van der Waals surface area contributed by atoms with Gasteiger partial charge in [-0.2, -0.15) is 0 Å². The van der Waals surface area contributed by atoms with Crippen molar-refractivity contribution in [2.45, 2.75) is 6.04 Å². The van der Waals surface area contributed by atoms with Crippen molar-refractivity contribution in [1.82, 2.24) is 19.4 Å². The number of amides is 1. The maximum atomic E-state index is 14.1. The van der Waals surface area contributed by atoms with E-state index in [1.807, 2.05) is 0 Å². The lowest BCUT2D eigenvalue weighted by Gasteiger charge is -2.21. The van der Waals surface area contributed by atoms with Crippen LogP contribution >= 0.6 is 0 Å². The number of carbonyl (C=O) groups is 1. The molecule has 2 aliphatic rings. The molecule has 1 saturated carbocycles. The fourth-order valence-electron chi connectivity index (χ4n) is 4.28. The number of fused-ring (bicyclic) bond motifs is 1. The Morgan fingerprint density at radius 3 is 2.59 bits per heavy atom. The van der Waals surface area contributed by atoms with E-state index in [2.05, 4.69) is 15.3 Å². The van der Waals surface area contributed by atoms with Crippen LogP contribution in [-0.2, 0) is 7.05 Å². The molecule has 1 saturated heterocycles. The molecule has 0 bridgehead atoms. The van der Waals surface area contributed by atoms with E-state index >= 15 is 0 Å². The normalized spacial score (nSPS) is 21.4. The second kappa shape index (κ2) is 7.47. The van der Waals surface area contributed by atoms with Crippen LogP contribution < -0.4 is 10.9 Å². The number of pyridine rings is 1. The van der Waals surface area contributed by atoms with E-state index in [0.717, 1.165) is 12.3 Å². The predicted molar refractivity (Wildman–Crippen MR) is 109 cm³/mol. The monoisotopic (exact) mass is 441 g/mol. The number of benzene rings is 1. The van der Waals surface area contributed by atoms with Gasteiger partial charge < -0.3 is 10.2 Å². The molecule has 0 spiro atoms. The zero-order valence-electron chi connectivity index (χ0n) is 16.9. The molecule has 7 nitrogen and oxygen atoms in total. The van der Waals surface area contributed by atoms with E-state index < -0.39 is 23.4 Å². The highest BCUT2D eigenvalue weighted by molar-refractivity contribution is 5.94. The van der Waals surface area contributed by atoms with Crippen LogP contribution in [0.15, 0.2) is 47.5 Å². The van der Waals surface area contributed by atoms with Gasteiger partial charge in [-0.05, 0) is 18.2 Å². The third-order valence-electron chi connectivity index (χ3n) is 6.14. The van der Waals surface area contributed by atoms with Gasteiger partial charge in [-0.3, -0.25) is 19.1 Å². The number of nitrogens with zero attached hydrogens (tertiary/aromatic N) is 4. The smallest absolute Gasteiger partial charge is 0.256 e. The Morgan fingerprint density at radius 2 is 1.88 bits per heavy atom. The predicted octanol–water partition coefficient (Wildman–Crippen LogP) is 2.44. The molecule has 1 aromatic carbocycles. The van der Waals surface area contributed by atoms with Crippen LogP contribution in [0.5, 0.6) is 0 Å². The Labute approximate surface area is 180 Å². The Morgan fingerprint density at radius 1 is 1.12 bits per heavy atom. The van der Waals surface area contributed by atoms with Gasteiger partial charge in [-0.25, -0.2) is 18.2 Å². The number of nitrogens with one attached hydrogen (secondary N) is 1. The second-order valence-electron chi connectivity index (χ2n) is 8.03. The second-order valence-corrected chi connectivity index (χ2v) is 8.03. The number of aromatic nitrogens is 3. The first-order valence-electron chi connectivity index (χ1n) is 10.0. The lowest BCUT2D eigenvalue weighted by atomic mass is 10.1. The first kappa shape index (κ1) is 20.2. The number of carbonyl (C=O) groups excluding carboxylic acids is 1.